The summed E-state index contributed by atoms with van der Waals surface area (Å²) in [7, 11) is 4.09. The molecule has 4 rings (SSSR count). The number of ether oxygens (including phenoxy) is 1. The van der Waals surface area contributed by atoms with Crippen LogP contribution in [0.15, 0.2) is 24.3 Å². The Balaban J connectivity index is 1.76. The van der Waals surface area contributed by atoms with Crippen molar-refractivity contribution in [1.29, 1.82) is 0 Å². The Bertz CT molecular complexity index is 1950. The second-order valence-electron chi connectivity index (χ2n) is 17.9. The van der Waals surface area contributed by atoms with E-state index in [1.54, 1.807) is 38.1 Å². The van der Waals surface area contributed by atoms with Crippen molar-refractivity contribution in [2.75, 3.05) is 26.0 Å². The highest BCUT2D eigenvalue weighted by Gasteiger charge is 2.42. The van der Waals surface area contributed by atoms with Crippen molar-refractivity contribution in [2.45, 2.75) is 157 Å². The van der Waals surface area contributed by atoms with Crippen molar-refractivity contribution in [3.05, 3.63) is 29.8 Å². The number of rotatable bonds is 15. The standard InChI is InChI=1S/C45H69N9O12S2/c1-5-25(2)36-41(61)53-37(26(3)55)42(62)50-31(22-34(47)56)38(58)51-32(43(63)54-20-10-12-33(54)40(60)49-29(44(64)65)11-9-19-46)24-67-68-45(17-7-6-8-18-45)23-35(57)48-30(39(59)52-36)21-27-13-15-28(66-4)16-14-27/h13-16,25-26,29-33,36-37,55H,5-12,17-24,46H2,1-4H3,(H2,47,56)(H,48,57)(H,49,60)(H,50,62)(H,51,58)(H,52,59)(H,53,61)(H,64,65)/t25-,26-,29-,30+,31+,32+,33-,36+,37-/m0/s1. The number of carbonyl (C=O) groups is 9. The maximum absolute atomic E-state index is 14.6. The summed E-state index contributed by atoms with van der Waals surface area (Å²) < 4.78 is 4.61. The lowest BCUT2D eigenvalue weighted by molar-refractivity contribution is -0.145. The Morgan fingerprint density at radius 1 is 0.897 bits per heavy atom. The number of nitrogens with one attached hydrogen (secondary N) is 6. The van der Waals surface area contributed by atoms with Crippen molar-refractivity contribution < 1.29 is 58.1 Å². The molecule has 1 aromatic carbocycles. The molecule has 1 aromatic rings. The number of aliphatic hydroxyl groups is 1. The number of nitrogens with two attached hydrogens (primary N) is 2. The number of primary amides is 1. The molecule has 1 spiro atoms. The van der Waals surface area contributed by atoms with Crippen LogP contribution in [0.2, 0.25) is 0 Å². The van der Waals surface area contributed by atoms with E-state index in [1.807, 2.05) is 0 Å². The maximum atomic E-state index is 14.6. The summed E-state index contributed by atoms with van der Waals surface area (Å²) >= 11 is 0. The van der Waals surface area contributed by atoms with Gasteiger partial charge in [0.2, 0.25) is 47.3 Å². The molecule has 0 unspecified atom stereocenters. The van der Waals surface area contributed by atoms with Crippen molar-refractivity contribution in [3.63, 3.8) is 0 Å². The molecule has 3 aliphatic rings. The first-order valence-electron chi connectivity index (χ1n) is 23.3. The predicted octanol–water partition coefficient (Wildman–Crippen LogP) is -0.249. The molecule has 2 heterocycles. The minimum Gasteiger partial charge on any atom is -0.497 e. The van der Waals surface area contributed by atoms with Crippen LogP contribution in [0.4, 0.5) is 0 Å². The first-order valence-corrected chi connectivity index (χ1v) is 25.6. The van der Waals surface area contributed by atoms with Gasteiger partial charge in [-0.15, -0.1) is 0 Å². The van der Waals surface area contributed by atoms with Gasteiger partial charge in [-0.2, -0.15) is 0 Å². The molecule has 378 valence electrons. The minimum atomic E-state index is -1.73. The third kappa shape index (κ3) is 16.0. The van der Waals surface area contributed by atoms with Crippen LogP contribution in [-0.2, 0) is 49.6 Å². The third-order valence-electron chi connectivity index (χ3n) is 12.6. The summed E-state index contributed by atoms with van der Waals surface area (Å²) in [6.07, 6.45) is 2.74. The summed E-state index contributed by atoms with van der Waals surface area (Å²) in [5.41, 5.74) is 11.8. The summed E-state index contributed by atoms with van der Waals surface area (Å²) in [5.74, 6) is -7.82. The lowest BCUT2D eigenvalue weighted by atomic mass is 9.85. The molecule has 2 saturated heterocycles. The summed E-state index contributed by atoms with van der Waals surface area (Å²) in [6.45, 7) is 5.00. The van der Waals surface area contributed by atoms with E-state index in [-0.39, 0.29) is 44.5 Å². The van der Waals surface area contributed by atoms with Gasteiger partial charge in [-0.25, -0.2) is 4.79 Å². The van der Waals surface area contributed by atoms with Crippen molar-refractivity contribution >= 4 is 74.8 Å². The zero-order valence-corrected chi connectivity index (χ0v) is 40.8. The van der Waals surface area contributed by atoms with Gasteiger partial charge in [0.05, 0.1) is 19.6 Å². The van der Waals surface area contributed by atoms with E-state index >= 15 is 0 Å². The van der Waals surface area contributed by atoms with E-state index in [0.29, 0.717) is 43.4 Å². The average molecular weight is 992 g/mol. The van der Waals surface area contributed by atoms with E-state index in [2.05, 4.69) is 31.9 Å². The van der Waals surface area contributed by atoms with Gasteiger partial charge in [-0.05, 0) is 75.6 Å². The fourth-order valence-corrected chi connectivity index (χ4v) is 11.9. The second kappa shape index (κ2) is 26.6. The molecular weight excluding hydrogens is 923 g/mol. The Morgan fingerprint density at radius 2 is 1.54 bits per heavy atom. The molecule has 21 nitrogen and oxygen atoms in total. The van der Waals surface area contributed by atoms with Crippen molar-refractivity contribution in [3.8, 4) is 5.75 Å². The number of aliphatic hydroxyl groups excluding tert-OH is 1. The molecular formula is C45H69N9O12S2. The fraction of sp³-hybridized carbons (Fsp3) is 0.667. The number of methoxy groups -OCH3 is 1. The number of likely N-dealkylation sites (tertiary alicyclic amines) is 1. The van der Waals surface area contributed by atoms with Crippen LogP contribution < -0.4 is 48.1 Å². The van der Waals surface area contributed by atoms with Gasteiger partial charge in [0.25, 0.3) is 0 Å². The first kappa shape index (κ1) is 55.5. The molecule has 2 aliphatic heterocycles. The van der Waals surface area contributed by atoms with Crippen LogP contribution >= 0.6 is 21.6 Å². The molecule has 8 amide bonds. The molecule has 1 aliphatic carbocycles. The van der Waals surface area contributed by atoms with Crippen LogP contribution in [-0.4, -0.2) is 147 Å². The smallest absolute Gasteiger partial charge is 0.326 e. The number of hydrogen-bond donors (Lipinski definition) is 10. The number of amides is 8. The Labute approximate surface area is 404 Å². The summed E-state index contributed by atoms with van der Waals surface area (Å²) in [5, 5.41) is 36.4. The molecule has 9 atom stereocenters. The zero-order chi connectivity index (χ0) is 50.1. The SMILES string of the molecule is CC[C@H](C)[C@H]1NC(=O)[C@@H](Cc2ccc(OC)cc2)NC(=O)CC2(CCCCC2)SSC[C@H](C(=O)N2CCC[C@H]2C(=O)N[C@@H](CCCN)C(=O)O)NC(=O)[C@@H](CC(N)=O)NC(=O)[C@H]([C@H](C)O)NC1=O. The molecule has 0 bridgehead atoms. The molecule has 68 heavy (non-hydrogen) atoms. The molecule has 0 aromatic heterocycles. The molecule has 23 heteroatoms. The van der Waals surface area contributed by atoms with Gasteiger partial charge in [0, 0.05) is 29.9 Å². The van der Waals surface area contributed by atoms with E-state index < -0.39 is 119 Å². The highest BCUT2D eigenvalue weighted by molar-refractivity contribution is 8.77. The lowest BCUT2D eigenvalue weighted by Crippen LogP contribution is -2.63. The number of nitrogens with zero attached hydrogens (tertiary/aromatic N) is 1. The van der Waals surface area contributed by atoms with Crippen LogP contribution in [0.1, 0.15) is 103 Å². The van der Waals surface area contributed by atoms with E-state index in [0.717, 1.165) is 19.3 Å². The van der Waals surface area contributed by atoms with Gasteiger partial charge < -0.3 is 63.2 Å². The normalized spacial score (nSPS) is 25.9. The van der Waals surface area contributed by atoms with E-state index in [4.69, 9.17) is 16.2 Å². The third-order valence-corrected chi connectivity index (χ3v) is 15.9. The van der Waals surface area contributed by atoms with Crippen LogP contribution in [0.3, 0.4) is 0 Å². The minimum absolute atomic E-state index is 0.0244. The van der Waals surface area contributed by atoms with Gasteiger partial charge in [-0.1, -0.05) is 73.3 Å². The average Bonchev–Trinajstić information content (AvgIpc) is 3.80. The number of benzene rings is 1. The molecule has 3 fully saturated rings. The predicted molar refractivity (Wildman–Crippen MR) is 254 cm³/mol. The molecule has 0 radical (unpaired) electrons. The second-order valence-corrected chi connectivity index (χ2v) is 20.7. The number of carboxylic acids is 1. The highest BCUT2D eigenvalue weighted by Crippen LogP contribution is 2.48. The summed E-state index contributed by atoms with van der Waals surface area (Å²) in [6, 6.07) is -2.69. The maximum Gasteiger partial charge on any atom is 0.326 e. The van der Waals surface area contributed by atoms with Crippen LogP contribution in [0.5, 0.6) is 5.75 Å². The van der Waals surface area contributed by atoms with Gasteiger partial charge in [0.1, 0.15) is 48.0 Å². The van der Waals surface area contributed by atoms with Gasteiger partial charge in [0.15, 0.2) is 0 Å². The first-order chi connectivity index (χ1) is 32.3. The van der Waals surface area contributed by atoms with Crippen molar-refractivity contribution in [1.82, 2.24) is 36.8 Å². The summed E-state index contributed by atoms with van der Waals surface area (Å²) in [4.78, 5) is 125. The topological polar surface area (TPSA) is 331 Å². The molecule has 1 saturated carbocycles. The highest BCUT2D eigenvalue weighted by atomic mass is 33.1. The fourth-order valence-electron chi connectivity index (χ4n) is 8.53. The lowest BCUT2D eigenvalue weighted by Gasteiger charge is -2.37. The zero-order valence-electron chi connectivity index (χ0n) is 39.2. The Morgan fingerprint density at radius 3 is 2.15 bits per heavy atom. The number of aliphatic carboxylic acids is 1. The largest absolute Gasteiger partial charge is 0.497 e. The van der Waals surface area contributed by atoms with Crippen LogP contribution in [0.25, 0.3) is 0 Å². The van der Waals surface area contributed by atoms with E-state index in [9.17, 15) is 53.4 Å². The monoisotopic (exact) mass is 991 g/mol. The van der Waals surface area contributed by atoms with E-state index in [1.165, 1.54) is 40.5 Å². The van der Waals surface area contributed by atoms with Gasteiger partial charge in [-0.3, -0.25) is 38.4 Å². The molecule has 12 N–H and O–H groups in total. The number of carbonyl (C=O) groups excluding carboxylic acids is 8. The number of hydrogen-bond acceptors (Lipinski definition) is 14. The Hall–Kier alpha value is -5.13. The van der Waals surface area contributed by atoms with Crippen LogP contribution in [0, 0.1) is 5.92 Å². The van der Waals surface area contributed by atoms with Gasteiger partial charge >= 0.3 is 5.97 Å². The Kier molecular flexibility index (Phi) is 21.7. The quantitative estimate of drug-likeness (QED) is 0.101. The number of carboxylic acid groups (broad SMARTS) is 1. The van der Waals surface area contributed by atoms with Crippen molar-refractivity contribution in [2.24, 2.45) is 17.4 Å².